The van der Waals surface area contributed by atoms with Crippen LogP contribution in [0.25, 0.3) is 0 Å². The fourth-order valence-electron chi connectivity index (χ4n) is 1.44. The number of nitrogens with zero attached hydrogens (tertiary/aromatic N) is 3. The topological polar surface area (TPSA) is 41.1 Å². The average Bonchev–Trinajstić information content (AvgIpc) is 2.28. The Balaban J connectivity index is 2.82. The first-order valence-corrected chi connectivity index (χ1v) is 5.86. The minimum atomic E-state index is 0.462. The van der Waals surface area contributed by atoms with Gasteiger partial charge in [0.25, 0.3) is 0 Å². The molecule has 16 heavy (non-hydrogen) atoms. The third-order valence-corrected chi connectivity index (χ3v) is 2.91. The molecule has 1 heterocycles. The van der Waals surface area contributed by atoms with Crippen molar-refractivity contribution < 1.29 is 0 Å². The van der Waals surface area contributed by atoms with Gasteiger partial charge in [-0.05, 0) is 25.8 Å². The Morgan fingerprint density at radius 2 is 2.06 bits per heavy atom. The molecule has 0 amide bonds. The number of hydrogen-bond donors (Lipinski definition) is 1. The Morgan fingerprint density at radius 1 is 1.38 bits per heavy atom. The van der Waals surface area contributed by atoms with Gasteiger partial charge in [-0.3, -0.25) is 0 Å². The van der Waals surface area contributed by atoms with E-state index in [-0.39, 0.29) is 0 Å². The molecule has 0 aromatic carbocycles. The van der Waals surface area contributed by atoms with Gasteiger partial charge in [0, 0.05) is 25.8 Å². The molecule has 1 rings (SSSR count). The zero-order valence-electron chi connectivity index (χ0n) is 10.9. The van der Waals surface area contributed by atoms with Gasteiger partial charge in [0.2, 0.25) is 5.95 Å². The van der Waals surface area contributed by atoms with E-state index in [4.69, 9.17) is 0 Å². The lowest BCUT2D eigenvalue weighted by Gasteiger charge is -2.29. The summed E-state index contributed by atoms with van der Waals surface area (Å²) in [4.78, 5) is 10.8. The summed E-state index contributed by atoms with van der Waals surface area (Å²) in [6.07, 6.45) is 1.80. The summed E-state index contributed by atoms with van der Waals surface area (Å²) in [6.45, 7) is 9.52. The number of aromatic nitrogens is 2. The second-order valence-corrected chi connectivity index (χ2v) is 4.36. The molecular formula is C12H22N4. The van der Waals surface area contributed by atoms with E-state index < -0.39 is 0 Å². The molecule has 1 unspecified atom stereocenters. The quantitative estimate of drug-likeness (QED) is 0.830. The first-order valence-electron chi connectivity index (χ1n) is 5.86. The van der Waals surface area contributed by atoms with Crippen LogP contribution in [0.5, 0.6) is 0 Å². The maximum absolute atomic E-state index is 4.47. The van der Waals surface area contributed by atoms with Crippen molar-refractivity contribution >= 4 is 11.8 Å². The SMILES string of the molecule is CCNc1nccc(N(C)C(C)C(C)C)n1. The van der Waals surface area contributed by atoms with Gasteiger partial charge in [0.15, 0.2) is 0 Å². The molecule has 1 atom stereocenters. The van der Waals surface area contributed by atoms with E-state index in [9.17, 15) is 0 Å². The van der Waals surface area contributed by atoms with Gasteiger partial charge in [0.05, 0.1) is 0 Å². The van der Waals surface area contributed by atoms with E-state index >= 15 is 0 Å². The van der Waals surface area contributed by atoms with Crippen LogP contribution in [0.2, 0.25) is 0 Å². The van der Waals surface area contributed by atoms with Crippen molar-refractivity contribution in [2.45, 2.75) is 33.7 Å². The molecule has 0 bridgehead atoms. The van der Waals surface area contributed by atoms with Crippen LogP contribution in [0.3, 0.4) is 0 Å². The highest BCUT2D eigenvalue weighted by atomic mass is 15.2. The molecule has 1 N–H and O–H groups in total. The molecule has 0 saturated carbocycles. The highest BCUT2D eigenvalue weighted by Crippen LogP contribution is 2.17. The van der Waals surface area contributed by atoms with Gasteiger partial charge in [0.1, 0.15) is 5.82 Å². The van der Waals surface area contributed by atoms with E-state index in [0.29, 0.717) is 17.9 Å². The second kappa shape index (κ2) is 5.68. The molecule has 0 aliphatic carbocycles. The van der Waals surface area contributed by atoms with Crippen molar-refractivity contribution in [3.63, 3.8) is 0 Å². The first-order chi connectivity index (χ1) is 7.56. The van der Waals surface area contributed by atoms with E-state index in [2.05, 4.69) is 48.0 Å². The standard InChI is InChI=1S/C12H22N4/c1-6-13-12-14-8-7-11(15-12)16(5)10(4)9(2)3/h7-10H,6H2,1-5H3,(H,13,14,15). The summed E-state index contributed by atoms with van der Waals surface area (Å²) in [6, 6.07) is 2.41. The predicted molar refractivity (Wildman–Crippen MR) is 68.9 cm³/mol. The third kappa shape index (κ3) is 3.08. The molecule has 1 aromatic heterocycles. The first kappa shape index (κ1) is 12.7. The maximum atomic E-state index is 4.47. The minimum Gasteiger partial charge on any atom is -0.357 e. The van der Waals surface area contributed by atoms with Crippen LogP contribution in [0.15, 0.2) is 12.3 Å². The molecule has 4 nitrogen and oxygen atoms in total. The monoisotopic (exact) mass is 222 g/mol. The van der Waals surface area contributed by atoms with Crippen molar-refractivity contribution in [3.8, 4) is 0 Å². The van der Waals surface area contributed by atoms with Gasteiger partial charge < -0.3 is 10.2 Å². The lowest BCUT2D eigenvalue weighted by atomic mass is 10.1. The van der Waals surface area contributed by atoms with Crippen molar-refractivity contribution in [1.82, 2.24) is 9.97 Å². The highest BCUT2D eigenvalue weighted by Gasteiger charge is 2.14. The van der Waals surface area contributed by atoms with Crippen LogP contribution in [0.1, 0.15) is 27.7 Å². The molecule has 0 aliphatic rings. The number of anilines is 2. The largest absolute Gasteiger partial charge is 0.357 e. The minimum absolute atomic E-state index is 0.462. The summed E-state index contributed by atoms with van der Waals surface area (Å²) in [7, 11) is 2.07. The summed E-state index contributed by atoms with van der Waals surface area (Å²) < 4.78 is 0. The van der Waals surface area contributed by atoms with Crippen LogP contribution in [-0.2, 0) is 0 Å². The molecule has 1 aromatic rings. The van der Waals surface area contributed by atoms with Gasteiger partial charge >= 0.3 is 0 Å². The number of hydrogen-bond acceptors (Lipinski definition) is 4. The van der Waals surface area contributed by atoms with Crippen molar-refractivity contribution in [3.05, 3.63) is 12.3 Å². The van der Waals surface area contributed by atoms with E-state index in [0.717, 1.165) is 12.4 Å². The Kier molecular flexibility index (Phi) is 4.52. The Labute approximate surface area is 98.1 Å². The van der Waals surface area contributed by atoms with Crippen LogP contribution in [0, 0.1) is 5.92 Å². The third-order valence-electron chi connectivity index (χ3n) is 2.91. The molecule has 0 spiro atoms. The lowest BCUT2D eigenvalue weighted by molar-refractivity contribution is 0.502. The van der Waals surface area contributed by atoms with Crippen molar-refractivity contribution in [2.75, 3.05) is 23.8 Å². The van der Waals surface area contributed by atoms with Gasteiger partial charge in [-0.25, -0.2) is 4.98 Å². The summed E-state index contributed by atoms with van der Waals surface area (Å²) in [5, 5.41) is 3.12. The van der Waals surface area contributed by atoms with E-state index in [1.54, 1.807) is 6.20 Å². The van der Waals surface area contributed by atoms with Crippen LogP contribution in [0.4, 0.5) is 11.8 Å². The molecule has 0 radical (unpaired) electrons. The molecule has 0 aliphatic heterocycles. The smallest absolute Gasteiger partial charge is 0.224 e. The zero-order valence-corrected chi connectivity index (χ0v) is 10.9. The number of rotatable bonds is 5. The second-order valence-electron chi connectivity index (χ2n) is 4.36. The normalized spacial score (nSPS) is 12.6. The summed E-state index contributed by atoms with van der Waals surface area (Å²) in [5.74, 6) is 2.26. The lowest BCUT2D eigenvalue weighted by Crippen LogP contribution is -2.33. The molecular weight excluding hydrogens is 200 g/mol. The van der Waals surface area contributed by atoms with Crippen LogP contribution in [-0.4, -0.2) is 29.6 Å². The van der Waals surface area contributed by atoms with Crippen molar-refractivity contribution in [1.29, 1.82) is 0 Å². The molecule has 4 heteroatoms. The maximum Gasteiger partial charge on any atom is 0.224 e. The fourth-order valence-corrected chi connectivity index (χ4v) is 1.44. The fraction of sp³-hybridized carbons (Fsp3) is 0.667. The number of nitrogens with one attached hydrogen (secondary N) is 1. The van der Waals surface area contributed by atoms with Crippen LogP contribution < -0.4 is 10.2 Å². The van der Waals surface area contributed by atoms with Crippen LogP contribution >= 0.6 is 0 Å². The van der Waals surface area contributed by atoms with Gasteiger partial charge in [-0.2, -0.15) is 4.98 Å². The average molecular weight is 222 g/mol. The Hall–Kier alpha value is -1.32. The predicted octanol–water partition coefficient (Wildman–Crippen LogP) is 2.39. The Morgan fingerprint density at radius 3 is 2.62 bits per heavy atom. The van der Waals surface area contributed by atoms with E-state index in [1.165, 1.54) is 0 Å². The molecule has 0 fully saturated rings. The van der Waals surface area contributed by atoms with E-state index in [1.807, 2.05) is 13.0 Å². The molecule has 0 saturated heterocycles. The zero-order chi connectivity index (χ0) is 12.1. The van der Waals surface area contributed by atoms with Crippen molar-refractivity contribution in [2.24, 2.45) is 5.92 Å². The van der Waals surface area contributed by atoms with Gasteiger partial charge in [-0.1, -0.05) is 13.8 Å². The molecule has 90 valence electrons. The highest BCUT2D eigenvalue weighted by molar-refractivity contribution is 5.42. The van der Waals surface area contributed by atoms with Gasteiger partial charge in [-0.15, -0.1) is 0 Å². The summed E-state index contributed by atoms with van der Waals surface area (Å²) in [5.41, 5.74) is 0. The summed E-state index contributed by atoms with van der Waals surface area (Å²) >= 11 is 0. The Bertz CT molecular complexity index is 325.